The van der Waals surface area contributed by atoms with Crippen LogP contribution in [0.4, 0.5) is 0 Å². The average Bonchev–Trinajstić information content (AvgIpc) is 3.19. The fourth-order valence-corrected chi connectivity index (χ4v) is 5.17. The molecular weight excluding hydrogens is 402 g/mol. The molecule has 156 valence electrons. The predicted octanol–water partition coefficient (Wildman–Crippen LogP) is 2.33. The van der Waals surface area contributed by atoms with Crippen LogP contribution in [0.1, 0.15) is 36.9 Å². The molecule has 9 heteroatoms. The molecule has 1 amide bonds. The van der Waals surface area contributed by atoms with E-state index in [2.05, 4.69) is 26.6 Å². The van der Waals surface area contributed by atoms with Gasteiger partial charge in [-0.2, -0.15) is 0 Å². The Morgan fingerprint density at radius 3 is 2.70 bits per heavy atom. The van der Waals surface area contributed by atoms with Crippen molar-refractivity contribution in [1.82, 2.24) is 25.1 Å². The van der Waals surface area contributed by atoms with Crippen molar-refractivity contribution in [2.75, 3.05) is 5.75 Å². The van der Waals surface area contributed by atoms with Crippen LogP contribution < -0.4 is 5.32 Å². The van der Waals surface area contributed by atoms with Crippen molar-refractivity contribution in [3.63, 3.8) is 0 Å². The Labute approximate surface area is 175 Å². The number of rotatable bonds is 6. The molecule has 1 atom stereocenters. The van der Waals surface area contributed by atoms with Crippen molar-refractivity contribution in [2.24, 2.45) is 0 Å². The van der Waals surface area contributed by atoms with Gasteiger partial charge >= 0.3 is 0 Å². The fraction of sp³-hybridized carbons (Fsp3) is 0.333. The van der Waals surface area contributed by atoms with E-state index in [1.54, 1.807) is 24.5 Å². The molecule has 0 fully saturated rings. The second kappa shape index (κ2) is 8.35. The summed E-state index contributed by atoms with van der Waals surface area (Å²) in [6.07, 6.45) is 5.92. The van der Waals surface area contributed by atoms with Gasteiger partial charge in [0.05, 0.1) is 6.04 Å². The van der Waals surface area contributed by atoms with Crippen molar-refractivity contribution in [1.29, 1.82) is 0 Å². The van der Waals surface area contributed by atoms with Gasteiger partial charge in [-0.25, -0.2) is 8.42 Å². The van der Waals surface area contributed by atoms with Gasteiger partial charge in [0.15, 0.2) is 5.82 Å². The number of amides is 1. The Hall–Kier alpha value is -3.07. The first-order chi connectivity index (χ1) is 14.5. The van der Waals surface area contributed by atoms with Gasteiger partial charge in [0.25, 0.3) is 5.16 Å². The zero-order chi connectivity index (χ0) is 21.1. The molecule has 0 bridgehead atoms. The molecule has 8 nitrogen and oxygen atoms in total. The topological polar surface area (TPSA) is 107 Å². The molecule has 30 heavy (non-hydrogen) atoms. The van der Waals surface area contributed by atoms with Crippen LogP contribution in [0.15, 0.2) is 53.9 Å². The molecule has 0 saturated carbocycles. The van der Waals surface area contributed by atoms with E-state index in [0.29, 0.717) is 17.9 Å². The van der Waals surface area contributed by atoms with E-state index in [0.717, 1.165) is 24.8 Å². The maximum Gasteiger partial charge on any atom is 0.250 e. The van der Waals surface area contributed by atoms with Crippen molar-refractivity contribution in [3.8, 4) is 11.4 Å². The van der Waals surface area contributed by atoms with Crippen LogP contribution in [0.5, 0.6) is 0 Å². The summed E-state index contributed by atoms with van der Waals surface area (Å²) in [6, 6.07) is 11.3. The Morgan fingerprint density at radius 2 is 1.93 bits per heavy atom. The number of benzene rings is 1. The number of pyridine rings is 1. The lowest BCUT2D eigenvalue weighted by molar-refractivity contribution is -0.119. The van der Waals surface area contributed by atoms with Crippen molar-refractivity contribution in [2.45, 2.75) is 43.9 Å². The summed E-state index contributed by atoms with van der Waals surface area (Å²) < 4.78 is 27.4. The molecule has 1 N–H and O–H groups in total. The van der Waals surface area contributed by atoms with E-state index >= 15 is 0 Å². The van der Waals surface area contributed by atoms with Crippen LogP contribution in [0.2, 0.25) is 0 Å². The van der Waals surface area contributed by atoms with Gasteiger partial charge < -0.3 is 5.32 Å². The third-order valence-corrected chi connectivity index (χ3v) is 6.78. The molecule has 0 spiro atoms. The Balaban J connectivity index is 1.54. The number of nitrogens with one attached hydrogen (secondary N) is 1. The zero-order valence-corrected chi connectivity index (χ0v) is 17.5. The van der Waals surface area contributed by atoms with Gasteiger partial charge in [-0.1, -0.05) is 24.3 Å². The second-order valence-electron chi connectivity index (χ2n) is 7.26. The van der Waals surface area contributed by atoms with Crippen molar-refractivity contribution < 1.29 is 13.2 Å². The first-order valence-corrected chi connectivity index (χ1v) is 11.6. The largest absolute Gasteiger partial charge is 0.348 e. The van der Waals surface area contributed by atoms with Gasteiger partial charge in [0, 0.05) is 24.5 Å². The number of hydrogen-bond acceptors (Lipinski definition) is 6. The molecule has 3 aromatic rings. The first kappa shape index (κ1) is 20.2. The molecular formula is C21H23N5O3S. The smallest absolute Gasteiger partial charge is 0.250 e. The zero-order valence-electron chi connectivity index (χ0n) is 16.7. The number of sulfone groups is 1. The summed E-state index contributed by atoms with van der Waals surface area (Å²) in [5.74, 6) is -0.770. The third kappa shape index (κ3) is 3.97. The standard InChI is InChI=1S/C21H23N5O3S/c1-2-26-20(16-10-12-22-13-11-16)24-25-21(26)30(28,29)14-19(27)23-18-9-5-7-15-6-3-4-8-17(15)18/h3-4,6,8,10-13,18H,2,5,7,9,14H2,1H3,(H,23,27). The minimum absolute atomic E-state index is 0.172. The molecule has 0 saturated heterocycles. The maximum absolute atomic E-state index is 13.0. The van der Waals surface area contributed by atoms with Gasteiger partial charge in [-0.3, -0.25) is 14.3 Å². The first-order valence-electron chi connectivity index (χ1n) is 9.93. The van der Waals surface area contributed by atoms with E-state index < -0.39 is 21.5 Å². The van der Waals surface area contributed by atoms with Gasteiger partial charge in [0.1, 0.15) is 5.75 Å². The monoisotopic (exact) mass is 425 g/mol. The molecule has 2 aromatic heterocycles. The molecule has 4 rings (SSSR count). The van der Waals surface area contributed by atoms with Crippen LogP contribution in [0, 0.1) is 0 Å². The predicted molar refractivity (Wildman–Crippen MR) is 111 cm³/mol. The van der Waals surface area contributed by atoms with Crippen molar-refractivity contribution >= 4 is 15.7 Å². The van der Waals surface area contributed by atoms with Gasteiger partial charge in [0.2, 0.25) is 15.7 Å². The lowest BCUT2D eigenvalue weighted by atomic mass is 9.88. The quantitative estimate of drug-likeness (QED) is 0.650. The highest BCUT2D eigenvalue weighted by atomic mass is 32.2. The number of nitrogens with zero attached hydrogens (tertiary/aromatic N) is 4. The summed E-state index contributed by atoms with van der Waals surface area (Å²) in [7, 11) is -3.96. The summed E-state index contributed by atoms with van der Waals surface area (Å²) in [5, 5.41) is 10.6. The number of aryl methyl sites for hydroxylation is 1. The minimum Gasteiger partial charge on any atom is -0.348 e. The Morgan fingerprint density at radius 1 is 1.17 bits per heavy atom. The SMILES string of the molecule is CCn1c(-c2ccncc2)nnc1S(=O)(=O)CC(=O)NC1CCCc2ccccc21. The lowest BCUT2D eigenvalue weighted by Crippen LogP contribution is -2.35. The summed E-state index contributed by atoms with van der Waals surface area (Å²) >= 11 is 0. The highest BCUT2D eigenvalue weighted by Gasteiger charge is 2.29. The lowest BCUT2D eigenvalue weighted by Gasteiger charge is -2.26. The van der Waals surface area contributed by atoms with Crippen LogP contribution in [-0.2, 0) is 27.6 Å². The Kier molecular flexibility index (Phi) is 5.63. The van der Waals surface area contributed by atoms with Crippen LogP contribution >= 0.6 is 0 Å². The minimum atomic E-state index is -3.96. The van der Waals surface area contributed by atoms with E-state index in [1.807, 2.05) is 25.1 Å². The van der Waals surface area contributed by atoms with E-state index in [1.165, 1.54) is 10.1 Å². The molecule has 2 heterocycles. The highest BCUT2D eigenvalue weighted by Crippen LogP contribution is 2.29. The van der Waals surface area contributed by atoms with Gasteiger partial charge in [-0.15, -0.1) is 10.2 Å². The molecule has 0 aliphatic heterocycles. The third-order valence-electron chi connectivity index (χ3n) is 5.28. The number of aromatic nitrogens is 4. The van der Waals surface area contributed by atoms with Crippen LogP contribution in [-0.4, -0.2) is 39.8 Å². The number of carbonyl (C=O) groups excluding carboxylic acids is 1. The van der Waals surface area contributed by atoms with E-state index in [-0.39, 0.29) is 11.2 Å². The number of hydrogen-bond donors (Lipinski definition) is 1. The molecule has 1 unspecified atom stereocenters. The highest BCUT2D eigenvalue weighted by molar-refractivity contribution is 7.92. The molecule has 1 aliphatic rings. The maximum atomic E-state index is 13.0. The number of fused-ring (bicyclic) bond motifs is 1. The summed E-state index contributed by atoms with van der Waals surface area (Å²) in [4.78, 5) is 16.6. The average molecular weight is 426 g/mol. The summed E-state index contributed by atoms with van der Waals surface area (Å²) in [6.45, 7) is 2.17. The fourth-order valence-electron chi connectivity index (χ4n) is 3.90. The van der Waals surface area contributed by atoms with Gasteiger partial charge in [-0.05, 0) is 49.4 Å². The second-order valence-corrected chi connectivity index (χ2v) is 9.14. The van der Waals surface area contributed by atoms with E-state index in [4.69, 9.17) is 0 Å². The molecule has 1 aliphatic carbocycles. The van der Waals surface area contributed by atoms with E-state index in [9.17, 15) is 13.2 Å². The number of carbonyl (C=O) groups is 1. The molecule has 1 aromatic carbocycles. The summed E-state index contributed by atoms with van der Waals surface area (Å²) in [5.41, 5.74) is 2.97. The van der Waals surface area contributed by atoms with Crippen LogP contribution in [0.3, 0.4) is 0 Å². The van der Waals surface area contributed by atoms with Crippen LogP contribution in [0.25, 0.3) is 11.4 Å². The molecule has 0 radical (unpaired) electrons. The Bertz CT molecular complexity index is 1160. The normalized spacial score (nSPS) is 16.1. The van der Waals surface area contributed by atoms with Crippen molar-refractivity contribution in [3.05, 3.63) is 59.9 Å².